The Morgan fingerprint density at radius 2 is 1.72 bits per heavy atom. The van der Waals surface area contributed by atoms with Gasteiger partial charge in [-0.1, -0.05) is 32.9 Å². The van der Waals surface area contributed by atoms with Crippen LogP contribution in [-0.2, 0) is 4.74 Å². The Hall–Kier alpha value is -3.12. The molecule has 6 nitrogen and oxygen atoms in total. The summed E-state index contributed by atoms with van der Waals surface area (Å²) in [6.07, 6.45) is 0. The molecule has 0 saturated heterocycles. The summed E-state index contributed by atoms with van der Waals surface area (Å²) in [5, 5.41) is 19.4. The summed E-state index contributed by atoms with van der Waals surface area (Å²) in [6, 6.07) is 9.60. The molecule has 1 aliphatic heterocycles. The van der Waals surface area contributed by atoms with E-state index in [1.165, 1.54) is 14.2 Å². The fraction of sp³-hybridized carbons (Fsp3) is 0.368. The largest absolute Gasteiger partial charge is 0.493 e. The second-order valence-corrected chi connectivity index (χ2v) is 6.61. The predicted octanol–water partition coefficient (Wildman–Crippen LogP) is 3.34. The van der Waals surface area contributed by atoms with E-state index in [4.69, 9.17) is 19.9 Å². The van der Waals surface area contributed by atoms with E-state index < -0.39 is 11.3 Å². The number of methoxy groups -OCH3 is 2. The molecule has 0 fully saturated rings. The van der Waals surface area contributed by atoms with Crippen molar-refractivity contribution in [2.75, 3.05) is 14.2 Å². The quantitative estimate of drug-likeness (QED) is 0.906. The standard InChI is InChI=1S/C19H21N3O3/c1-19(2,3)17-12(9-20)15(13(10-21)18(22)25-17)11-7-6-8-14(23-4)16(11)24-5/h6-8,15H,22H2,1-5H3/t15-/m0/s1. The minimum Gasteiger partial charge on any atom is -0.493 e. The number of hydrogen-bond donors (Lipinski definition) is 1. The van der Waals surface area contributed by atoms with Crippen LogP contribution in [0.4, 0.5) is 0 Å². The number of benzene rings is 1. The third-order valence-corrected chi connectivity index (χ3v) is 3.97. The van der Waals surface area contributed by atoms with Crippen LogP contribution >= 0.6 is 0 Å². The topological polar surface area (TPSA) is 101 Å². The first kappa shape index (κ1) is 18.2. The van der Waals surface area contributed by atoms with Gasteiger partial charge in [-0.15, -0.1) is 0 Å². The lowest BCUT2D eigenvalue weighted by Gasteiger charge is -2.32. The van der Waals surface area contributed by atoms with Gasteiger partial charge in [0.1, 0.15) is 17.4 Å². The van der Waals surface area contributed by atoms with Crippen molar-refractivity contribution in [2.24, 2.45) is 11.1 Å². The minimum atomic E-state index is -0.678. The van der Waals surface area contributed by atoms with Gasteiger partial charge in [0.2, 0.25) is 5.88 Å². The maximum atomic E-state index is 9.81. The highest BCUT2D eigenvalue weighted by atomic mass is 16.5. The summed E-state index contributed by atoms with van der Waals surface area (Å²) < 4.78 is 16.5. The molecule has 0 aromatic heterocycles. The van der Waals surface area contributed by atoms with Gasteiger partial charge in [-0.2, -0.15) is 10.5 Å². The van der Waals surface area contributed by atoms with Gasteiger partial charge in [-0.3, -0.25) is 0 Å². The molecule has 0 saturated carbocycles. The summed E-state index contributed by atoms with van der Waals surface area (Å²) in [4.78, 5) is 0. The zero-order valence-corrected chi connectivity index (χ0v) is 15.0. The summed E-state index contributed by atoms with van der Waals surface area (Å²) in [5.41, 5.74) is 6.69. The Bertz CT molecular complexity index is 833. The Balaban J connectivity index is 2.84. The number of ether oxygens (including phenoxy) is 3. The first-order valence-electron chi connectivity index (χ1n) is 7.73. The molecule has 0 bridgehead atoms. The second kappa shape index (κ2) is 6.78. The van der Waals surface area contributed by atoms with Crippen molar-refractivity contribution < 1.29 is 14.2 Å². The Kier molecular flexibility index (Phi) is 4.94. The molecule has 0 aliphatic carbocycles. The van der Waals surface area contributed by atoms with E-state index in [2.05, 4.69) is 12.1 Å². The SMILES string of the molecule is COc1cccc([C@@H]2C(C#N)=C(N)OC(C(C)(C)C)=C2C#N)c1OC. The molecule has 2 N–H and O–H groups in total. The van der Waals surface area contributed by atoms with E-state index in [0.29, 0.717) is 28.4 Å². The van der Waals surface area contributed by atoms with Crippen LogP contribution in [0.1, 0.15) is 32.3 Å². The lowest BCUT2D eigenvalue weighted by Crippen LogP contribution is -2.26. The fourth-order valence-corrected chi connectivity index (χ4v) is 2.88. The predicted molar refractivity (Wildman–Crippen MR) is 92.3 cm³/mol. The van der Waals surface area contributed by atoms with Crippen molar-refractivity contribution in [3.63, 3.8) is 0 Å². The van der Waals surface area contributed by atoms with Crippen molar-refractivity contribution in [3.05, 3.63) is 46.6 Å². The molecule has 0 spiro atoms. The maximum Gasteiger partial charge on any atom is 0.205 e. The fourth-order valence-electron chi connectivity index (χ4n) is 2.88. The second-order valence-electron chi connectivity index (χ2n) is 6.61. The van der Waals surface area contributed by atoms with E-state index in [1.807, 2.05) is 20.8 Å². The summed E-state index contributed by atoms with van der Waals surface area (Å²) >= 11 is 0. The van der Waals surface area contributed by atoms with Crippen molar-refractivity contribution in [1.82, 2.24) is 0 Å². The van der Waals surface area contributed by atoms with E-state index >= 15 is 0 Å². The van der Waals surface area contributed by atoms with Crippen LogP contribution < -0.4 is 15.2 Å². The first-order chi connectivity index (χ1) is 11.8. The molecule has 1 aromatic rings. The molecule has 6 heteroatoms. The lowest BCUT2D eigenvalue weighted by atomic mass is 9.78. The number of nitrogens with two attached hydrogens (primary N) is 1. The Morgan fingerprint density at radius 1 is 1.08 bits per heavy atom. The van der Waals surface area contributed by atoms with Crippen LogP contribution in [0.2, 0.25) is 0 Å². The first-order valence-corrected chi connectivity index (χ1v) is 7.73. The van der Waals surface area contributed by atoms with E-state index in [-0.39, 0.29) is 11.5 Å². The van der Waals surface area contributed by atoms with Crippen LogP contribution in [0.25, 0.3) is 0 Å². The average Bonchev–Trinajstić information content (AvgIpc) is 2.58. The molecule has 1 aliphatic rings. The molecule has 1 atom stereocenters. The number of nitriles is 2. The van der Waals surface area contributed by atoms with Crippen LogP contribution in [0.5, 0.6) is 11.5 Å². The van der Waals surface area contributed by atoms with Crippen LogP contribution in [0.15, 0.2) is 41.0 Å². The van der Waals surface area contributed by atoms with Gasteiger partial charge in [-0.25, -0.2) is 0 Å². The Labute approximate surface area is 147 Å². The molecule has 0 amide bonds. The highest BCUT2D eigenvalue weighted by molar-refractivity contribution is 5.60. The summed E-state index contributed by atoms with van der Waals surface area (Å²) in [6.45, 7) is 5.76. The highest BCUT2D eigenvalue weighted by Gasteiger charge is 2.39. The normalized spacial score (nSPS) is 17.5. The van der Waals surface area contributed by atoms with Crippen LogP contribution in [0.3, 0.4) is 0 Å². The van der Waals surface area contributed by atoms with Gasteiger partial charge < -0.3 is 19.9 Å². The van der Waals surface area contributed by atoms with Crippen molar-refractivity contribution in [3.8, 4) is 23.6 Å². The van der Waals surface area contributed by atoms with Crippen LogP contribution in [0, 0.1) is 28.1 Å². The number of para-hydroxylation sites is 1. The zero-order valence-electron chi connectivity index (χ0n) is 15.0. The van der Waals surface area contributed by atoms with Crippen molar-refractivity contribution >= 4 is 0 Å². The molecule has 1 aromatic carbocycles. The van der Waals surface area contributed by atoms with E-state index in [1.54, 1.807) is 18.2 Å². The molecule has 0 unspecified atom stereocenters. The molecule has 0 radical (unpaired) electrons. The van der Waals surface area contributed by atoms with Gasteiger partial charge in [0, 0.05) is 11.0 Å². The third-order valence-electron chi connectivity index (χ3n) is 3.97. The van der Waals surface area contributed by atoms with E-state index in [9.17, 15) is 10.5 Å². The molecule has 1 heterocycles. The number of hydrogen-bond acceptors (Lipinski definition) is 6. The van der Waals surface area contributed by atoms with Gasteiger partial charge in [0.05, 0.1) is 31.8 Å². The molecule has 25 heavy (non-hydrogen) atoms. The van der Waals surface area contributed by atoms with Gasteiger partial charge in [-0.05, 0) is 6.07 Å². The van der Waals surface area contributed by atoms with E-state index in [0.717, 1.165) is 0 Å². The monoisotopic (exact) mass is 339 g/mol. The molecule has 130 valence electrons. The average molecular weight is 339 g/mol. The maximum absolute atomic E-state index is 9.81. The highest BCUT2D eigenvalue weighted by Crippen LogP contribution is 2.48. The van der Waals surface area contributed by atoms with Gasteiger partial charge in [0.15, 0.2) is 11.5 Å². The Morgan fingerprint density at radius 3 is 2.20 bits per heavy atom. The molecular formula is C19H21N3O3. The smallest absolute Gasteiger partial charge is 0.205 e. The van der Waals surface area contributed by atoms with Crippen LogP contribution in [-0.4, -0.2) is 14.2 Å². The zero-order chi connectivity index (χ0) is 18.8. The molecular weight excluding hydrogens is 318 g/mol. The number of allylic oxidation sites excluding steroid dienone is 3. The third kappa shape index (κ3) is 3.12. The van der Waals surface area contributed by atoms with Crippen molar-refractivity contribution in [2.45, 2.75) is 26.7 Å². The van der Waals surface area contributed by atoms with Gasteiger partial charge in [0.25, 0.3) is 0 Å². The minimum absolute atomic E-state index is 0.00120. The van der Waals surface area contributed by atoms with Crippen molar-refractivity contribution in [1.29, 1.82) is 10.5 Å². The summed E-state index contributed by atoms with van der Waals surface area (Å²) in [7, 11) is 3.04. The number of rotatable bonds is 3. The van der Waals surface area contributed by atoms with Gasteiger partial charge >= 0.3 is 0 Å². The molecule has 2 rings (SSSR count). The summed E-state index contributed by atoms with van der Waals surface area (Å²) in [5.74, 6) is 0.737. The lowest BCUT2D eigenvalue weighted by molar-refractivity contribution is 0.199. The number of nitrogens with zero attached hydrogens (tertiary/aromatic N) is 2.